The van der Waals surface area contributed by atoms with Crippen LogP contribution in [0.15, 0.2) is 42.5 Å². The fourth-order valence-electron chi connectivity index (χ4n) is 2.03. The molecule has 5 heteroatoms. The molecule has 2 aromatic rings. The minimum Gasteiger partial charge on any atom is -0.385 e. The third kappa shape index (κ3) is 3.95. The first-order chi connectivity index (χ1) is 10.1. The van der Waals surface area contributed by atoms with Gasteiger partial charge in [-0.3, -0.25) is 10.1 Å². The van der Waals surface area contributed by atoms with Crippen molar-refractivity contribution in [2.24, 2.45) is 0 Å². The minimum absolute atomic E-state index is 0.0761. The number of nitrogens with zero attached hydrogens (tertiary/aromatic N) is 1. The zero-order chi connectivity index (χ0) is 15.2. The summed E-state index contributed by atoms with van der Waals surface area (Å²) in [6, 6.07) is 12.8. The van der Waals surface area contributed by atoms with E-state index < -0.39 is 0 Å². The van der Waals surface area contributed by atoms with Gasteiger partial charge in [-0.05, 0) is 31.0 Å². The molecule has 0 aliphatic carbocycles. The number of hydrogen-bond acceptors (Lipinski definition) is 4. The third-order valence-electron chi connectivity index (χ3n) is 3.13. The number of anilines is 3. The highest BCUT2D eigenvalue weighted by molar-refractivity contribution is 5.70. The summed E-state index contributed by atoms with van der Waals surface area (Å²) >= 11 is 0. The number of benzene rings is 2. The lowest BCUT2D eigenvalue weighted by Gasteiger charge is -2.12. The average Bonchev–Trinajstić information content (AvgIpc) is 2.47. The Balaban J connectivity index is 2.31. The molecule has 0 atom stereocenters. The molecule has 0 unspecified atom stereocenters. The molecule has 0 aliphatic rings. The summed E-state index contributed by atoms with van der Waals surface area (Å²) in [7, 11) is 0. The molecule has 0 aromatic heterocycles. The van der Waals surface area contributed by atoms with Crippen LogP contribution in [-0.2, 0) is 0 Å². The van der Waals surface area contributed by atoms with Gasteiger partial charge in [0, 0.05) is 35.7 Å². The SMILES string of the molecule is CCCNc1cc(Nc2ccccc2C)cc([N+](=O)[O-])c1. The van der Waals surface area contributed by atoms with E-state index in [0.717, 1.165) is 29.9 Å². The normalized spacial score (nSPS) is 10.2. The monoisotopic (exact) mass is 285 g/mol. The van der Waals surface area contributed by atoms with Crippen molar-refractivity contribution < 1.29 is 4.92 Å². The van der Waals surface area contributed by atoms with Crippen LogP contribution in [0.1, 0.15) is 18.9 Å². The van der Waals surface area contributed by atoms with Crippen molar-refractivity contribution in [2.75, 3.05) is 17.2 Å². The standard InChI is InChI=1S/C16H19N3O2/c1-3-8-17-13-9-14(11-15(10-13)19(20)21)18-16-7-5-4-6-12(16)2/h4-7,9-11,17-18H,3,8H2,1-2H3. The summed E-state index contributed by atoms with van der Waals surface area (Å²) < 4.78 is 0. The van der Waals surface area contributed by atoms with Gasteiger partial charge >= 0.3 is 0 Å². The molecule has 0 radical (unpaired) electrons. The van der Waals surface area contributed by atoms with Gasteiger partial charge < -0.3 is 10.6 Å². The molecule has 5 nitrogen and oxygen atoms in total. The van der Waals surface area contributed by atoms with E-state index in [1.54, 1.807) is 12.1 Å². The van der Waals surface area contributed by atoms with Crippen LogP contribution in [0.25, 0.3) is 0 Å². The van der Waals surface area contributed by atoms with E-state index in [4.69, 9.17) is 0 Å². The van der Waals surface area contributed by atoms with Crippen molar-refractivity contribution in [3.05, 3.63) is 58.1 Å². The fourth-order valence-corrected chi connectivity index (χ4v) is 2.03. The summed E-state index contributed by atoms with van der Waals surface area (Å²) in [5, 5.41) is 17.5. The quantitative estimate of drug-likeness (QED) is 0.607. The number of para-hydroxylation sites is 1. The molecular weight excluding hydrogens is 266 g/mol. The van der Waals surface area contributed by atoms with Crippen molar-refractivity contribution >= 4 is 22.7 Å². The molecule has 0 aliphatic heterocycles. The maximum atomic E-state index is 11.0. The van der Waals surface area contributed by atoms with Crippen LogP contribution >= 0.6 is 0 Å². The molecule has 0 amide bonds. The number of nitro benzene ring substituents is 1. The van der Waals surface area contributed by atoms with E-state index in [1.807, 2.05) is 37.3 Å². The maximum absolute atomic E-state index is 11.0. The van der Waals surface area contributed by atoms with E-state index in [9.17, 15) is 10.1 Å². The zero-order valence-corrected chi connectivity index (χ0v) is 12.2. The second-order valence-electron chi connectivity index (χ2n) is 4.89. The molecule has 0 fully saturated rings. The van der Waals surface area contributed by atoms with Crippen LogP contribution in [0.3, 0.4) is 0 Å². The van der Waals surface area contributed by atoms with Crippen LogP contribution in [-0.4, -0.2) is 11.5 Å². The highest BCUT2D eigenvalue weighted by Gasteiger charge is 2.10. The second kappa shape index (κ2) is 6.74. The van der Waals surface area contributed by atoms with E-state index in [1.165, 1.54) is 0 Å². The predicted molar refractivity (Wildman–Crippen MR) is 86.3 cm³/mol. The molecule has 0 spiro atoms. The maximum Gasteiger partial charge on any atom is 0.273 e. The summed E-state index contributed by atoms with van der Waals surface area (Å²) in [6.45, 7) is 4.83. The second-order valence-corrected chi connectivity index (χ2v) is 4.89. The van der Waals surface area contributed by atoms with Crippen molar-refractivity contribution in [3.8, 4) is 0 Å². The average molecular weight is 285 g/mol. The molecule has 110 valence electrons. The van der Waals surface area contributed by atoms with Crippen LogP contribution in [0.2, 0.25) is 0 Å². The van der Waals surface area contributed by atoms with Gasteiger partial charge in [-0.15, -0.1) is 0 Å². The van der Waals surface area contributed by atoms with Crippen molar-refractivity contribution in [2.45, 2.75) is 20.3 Å². The van der Waals surface area contributed by atoms with Gasteiger partial charge in [0.15, 0.2) is 0 Å². The number of nitrogens with one attached hydrogen (secondary N) is 2. The van der Waals surface area contributed by atoms with Gasteiger partial charge in [-0.2, -0.15) is 0 Å². The van der Waals surface area contributed by atoms with Gasteiger partial charge in [-0.1, -0.05) is 25.1 Å². The molecule has 2 N–H and O–H groups in total. The smallest absolute Gasteiger partial charge is 0.273 e. The Morgan fingerprint density at radius 3 is 2.52 bits per heavy atom. The molecule has 0 bridgehead atoms. The molecule has 2 rings (SSSR count). The van der Waals surface area contributed by atoms with Crippen LogP contribution in [0, 0.1) is 17.0 Å². The summed E-state index contributed by atoms with van der Waals surface area (Å²) in [4.78, 5) is 10.7. The number of rotatable bonds is 6. The number of aryl methyl sites for hydroxylation is 1. The predicted octanol–water partition coefficient (Wildman–Crippen LogP) is 4.47. The van der Waals surface area contributed by atoms with Gasteiger partial charge in [0.2, 0.25) is 0 Å². The number of hydrogen-bond donors (Lipinski definition) is 2. The Morgan fingerprint density at radius 1 is 1.14 bits per heavy atom. The van der Waals surface area contributed by atoms with Gasteiger partial charge in [0.05, 0.1) is 4.92 Å². The molecule has 2 aromatic carbocycles. The molecular formula is C16H19N3O2. The van der Waals surface area contributed by atoms with Crippen molar-refractivity contribution in [3.63, 3.8) is 0 Å². The van der Waals surface area contributed by atoms with Crippen molar-refractivity contribution in [1.29, 1.82) is 0 Å². The first-order valence-corrected chi connectivity index (χ1v) is 6.96. The summed E-state index contributed by atoms with van der Waals surface area (Å²) in [5.74, 6) is 0. The molecule has 0 saturated carbocycles. The summed E-state index contributed by atoms with van der Waals surface area (Å²) in [5.41, 5.74) is 3.57. The van der Waals surface area contributed by atoms with E-state index in [0.29, 0.717) is 5.69 Å². The van der Waals surface area contributed by atoms with Gasteiger partial charge in [-0.25, -0.2) is 0 Å². The lowest BCUT2D eigenvalue weighted by atomic mass is 10.2. The van der Waals surface area contributed by atoms with Gasteiger partial charge in [0.25, 0.3) is 5.69 Å². The van der Waals surface area contributed by atoms with E-state index in [-0.39, 0.29) is 10.6 Å². The fraction of sp³-hybridized carbons (Fsp3) is 0.250. The Kier molecular flexibility index (Phi) is 4.77. The molecule has 0 heterocycles. The van der Waals surface area contributed by atoms with E-state index >= 15 is 0 Å². The van der Waals surface area contributed by atoms with E-state index in [2.05, 4.69) is 17.6 Å². The lowest BCUT2D eigenvalue weighted by molar-refractivity contribution is -0.384. The van der Waals surface area contributed by atoms with Crippen LogP contribution < -0.4 is 10.6 Å². The van der Waals surface area contributed by atoms with Crippen LogP contribution in [0.4, 0.5) is 22.7 Å². The Morgan fingerprint density at radius 2 is 1.86 bits per heavy atom. The number of nitro groups is 1. The van der Waals surface area contributed by atoms with Crippen molar-refractivity contribution in [1.82, 2.24) is 0 Å². The van der Waals surface area contributed by atoms with Gasteiger partial charge in [0.1, 0.15) is 0 Å². The highest BCUT2D eigenvalue weighted by Crippen LogP contribution is 2.28. The first-order valence-electron chi connectivity index (χ1n) is 6.96. The Bertz CT molecular complexity index is 641. The number of non-ortho nitro benzene ring substituents is 1. The third-order valence-corrected chi connectivity index (χ3v) is 3.13. The zero-order valence-electron chi connectivity index (χ0n) is 12.2. The Labute approximate surface area is 124 Å². The summed E-state index contributed by atoms with van der Waals surface area (Å²) in [6.07, 6.45) is 0.962. The highest BCUT2D eigenvalue weighted by atomic mass is 16.6. The lowest BCUT2D eigenvalue weighted by Crippen LogP contribution is -2.02. The Hall–Kier alpha value is -2.56. The van der Waals surface area contributed by atoms with Crippen LogP contribution in [0.5, 0.6) is 0 Å². The largest absolute Gasteiger partial charge is 0.385 e. The first kappa shape index (κ1) is 14.8. The molecule has 21 heavy (non-hydrogen) atoms. The molecule has 0 saturated heterocycles. The minimum atomic E-state index is -0.375. The topological polar surface area (TPSA) is 67.2 Å².